The van der Waals surface area contributed by atoms with Crippen LogP contribution >= 0.6 is 35.3 Å². The van der Waals surface area contributed by atoms with E-state index < -0.39 is 0 Å². The van der Waals surface area contributed by atoms with E-state index in [9.17, 15) is 0 Å². The van der Waals surface area contributed by atoms with Gasteiger partial charge in [0, 0.05) is 38.6 Å². The molecule has 9 heteroatoms. The van der Waals surface area contributed by atoms with Crippen LogP contribution < -0.4 is 14.8 Å². The lowest BCUT2D eigenvalue weighted by atomic mass is 9.99. The minimum atomic E-state index is 0. The third-order valence-electron chi connectivity index (χ3n) is 5.24. The summed E-state index contributed by atoms with van der Waals surface area (Å²) < 4.78 is 10.9. The van der Waals surface area contributed by atoms with Crippen molar-refractivity contribution in [1.82, 2.24) is 20.1 Å². The average molecular weight is 560 g/mol. The van der Waals surface area contributed by atoms with Crippen molar-refractivity contribution in [3.05, 3.63) is 39.3 Å². The number of guanidine groups is 1. The van der Waals surface area contributed by atoms with E-state index in [0.29, 0.717) is 0 Å². The van der Waals surface area contributed by atoms with Crippen LogP contribution in [0.3, 0.4) is 0 Å². The van der Waals surface area contributed by atoms with Gasteiger partial charge in [-0.1, -0.05) is 0 Å². The lowest BCUT2D eigenvalue weighted by Gasteiger charge is -2.29. The molecule has 1 aromatic carbocycles. The lowest BCUT2D eigenvalue weighted by molar-refractivity contribution is 0.259. The minimum Gasteiger partial charge on any atom is -0.493 e. The summed E-state index contributed by atoms with van der Waals surface area (Å²) in [6, 6.07) is 4.22. The van der Waals surface area contributed by atoms with E-state index in [1.165, 1.54) is 11.1 Å². The number of aliphatic imine (C=N–C) groups is 1. The molecule has 0 amide bonds. The number of nitrogens with zero attached hydrogens (tertiary/aromatic N) is 4. The predicted octanol–water partition coefficient (Wildman–Crippen LogP) is 3.54. The number of aromatic nitrogens is 1. The number of thiazole rings is 1. The van der Waals surface area contributed by atoms with E-state index in [2.05, 4.69) is 51.6 Å². The molecule has 0 fully saturated rings. The highest BCUT2D eigenvalue weighted by Crippen LogP contribution is 2.33. The SMILES string of the molecule is CCNC(=NCCN1CCc2cc(OC)c(OC)cc2C1)N(C)Cc1csc(C)n1.I. The Labute approximate surface area is 206 Å². The van der Waals surface area contributed by atoms with Crippen molar-refractivity contribution in [2.45, 2.75) is 33.4 Å². The maximum atomic E-state index is 5.47. The quantitative estimate of drug-likeness (QED) is 0.304. The van der Waals surface area contributed by atoms with Gasteiger partial charge >= 0.3 is 0 Å². The summed E-state index contributed by atoms with van der Waals surface area (Å²) in [6.45, 7) is 9.36. The Morgan fingerprint density at radius 2 is 1.97 bits per heavy atom. The first-order valence-electron chi connectivity index (χ1n) is 10.4. The van der Waals surface area contributed by atoms with Crippen molar-refractivity contribution in [2.24, 2.45) is 4.99 Å². The predicted molar refractivity (Wildman–Crippen MR) is 138 cm³/mol. The number of methoxy groups -OCH3 is 2. The van der Waals surface area contributed by atoms with E-state index in [1.807, 2.05) is 6.92 Å². The molecule has 0 saturated heterocycles. The number of aryl methyl sites for hydroxylation is 1. The van der Waals surface area contributed by atoms with Crippen LogP contribution in [0.4, 0.5) is 0 Å². The summed E-state index contributed by atoms with van der Waals surface area (Å²) >= 11 is 1.69. The summed E-state index contributed by atoms with van der Waals surface area (Å²) in [6.07, 6.45) is 1.02. The zero-order valence-electron chi connectivity index (χ0n) is 19.1. The standard InChI is InChI=1S/C22H33N5O2S.HI/c1-6-23-22(26(3)14-19-15-30-16(2)25-19)24-8-10-27-9-7-17-11-20(28-4)21(29-5)12-18(17)13-27;/h11-12,15H,6-10,13-14H2,1-5H3,(H,23,24);1H. The third-order valence-corrected chi connectivity index (χ3v) is 6.06. The highest BCUT2D eigenvalue weighted by atomic mass is 127. The average Bonchev–Trinajstić information content (AvgIpc) is 3.16. The van der Waals surface area contributed by atoms with E-state index in [1.54, 1.807) is 25.6 Å². The highest BCUT2D eigenvalue weighted by Gasteiger charge is 2.19. The van der Waals surface area contributed by atoms with Crippen molar-refractivity contribution in [3.63, 3.8) is 0 Å². The molecule has 7 nitrogen and oxygen atoms in total. The minimum absolute atomic E-state index is 0. The second-order valence-corrected chi connectivity index (χ2v) is 8.51. The van der Waals surface area contributed by atoms with Crippen LogP contribution in [0.5, 0.6) is 11.5 Å². The van der Waals surface area contributed by atoms with Crippen LogP contribution in [0, 0.1) is 6.92 Å². The Kier molecular flexibility index (Phi) is 10.3. The molecule has 172 valence electrons. The summed E-state index contributed by atoms with van der Waals surface area (Å²) in [5.41, 5.74) is 3.74. The highest BCUT2D eigenvalue weighted by molar-refractivity contribution is 14.0. The van der Waals surface area contributed by atoms with Gasteiger partial charge in [-0.15, -0.1) is 35.3 Å². The summed E-state index contributed by atoms with van der Waals surface area (Å²) in [5, 5.41) is 6.61. The van der Waals surface area contributed by atoms with Gasteiger partial charge in [-0.2, -0.15) is 0 Å². The van der Waals surface area contributed by atoms with Gasteiger partial charge in [-0.05, 0) is 43.5 Å². The van der Waals surface area contributed by atoms with E-state index in [-0.39, 0.29) is 24.0 Å². The fraction of sp³-hybridized carbons (Fsp3) is 0.545. The van der Waals surface area contributed by atoms with E-state index >= 15 is 0 Å². The van der Waals surface area contributed by atoms with Crippen molar-refractivity contribution < 1.29 is 9.47 Å². The van der Waals surface area contributed by atoms with Gasteiger partial charge in [0.25, 0.3) is 0 Å². The second kappa shape index (κ2) is 12.4. The Morgan fingerprint density at radius 3 is 2.58 bits per heavy atom. The van der Waals surface area contributed by atoms with Crippen molar-refractivity contribution in [3.8, 4) is 11.5 Å². The van der Waals surface area contributed by atoms with Gasteiger partial charge in [0.05, 0.1) is 38.0 Å². The maximum Gasteiger partial charge on any atom is 0.194 e. The number of rotatable bonds is 8. The summed E-state index contributed by atoms with van der Waals surface area (Å²) in [5.74, 6) is 2.53. The van der Waals surface area contributed by atoms with Gasteiger partial charge in [0.15, 0.2) is 17.5 Å². The first-order valence-corrected chi connectivity index (χ1v) is 11.3. The number of benzene rings is 1. The molecule has 0 radical (unpaired) electrons. The smallest absolute Gasteiger partial charge is 0.194 e. The molecule has 0 spiro atoms. The molecule has 1 aliphatic heterocycles. The molecule has 0 atom stereocenters. The van der Waals surface area contributed by atoms with Crippen molar-refractivity contribution in [2.75, 3.05) is 47.4 Å². The maximum absolute atomic E-state index is 5.47. The van der Waals surface area contributed by atoms with Crippen LogP contribution in [0.25, 0.3) is 0 Å². The fourth-order valence-corrected chi connectivity index (χ4v) is 4.30. The summed E-state index contributed by atoms with van der Waals surface area (Å²) in [4.78, 5) is 14.0. The Morgan fingerprint density at radius 1 is 1.26 bits per heavy atom. The van der Waals surface area contributed by atoms with Crippen molar-refractivity contribution in [1.29, 1.82) is 0 Å². The number of hydrogen-bond donors (Lipinski definition) is 1. The molecule has 0 aliphatic carbocycles. The number of hydrogen-bond acceptors (Lipinski definition) is 6. The molecular formula is C22H34IN5O2S. The van der Waals surface area contributed by atoms with Crippen molar-refractivity contribution >= 4 is 41.3 Å². The molecule has 3 rings (SSSR count). The molecule has 0 bridgehead atoms. The molecule has 1 aliphatic rings. The van der Waals surface area contributed by atoms with Gasteiger partial charge < -0.3 is 19.7 Å². The second-order valence-electron chi connectivity index (χ2n) is 7.45. The van der Waals surface area contributed by atoms with Gasteiger partial charge in [-0.3, -0.25) is 9.89 Å². The molecule has 0 unspecified atom stereocenters. The van der Waals surface area contributed by atoms with E-state index in [4.69, 9.17) is 14.5 Å². The van der Waals surface area contributed by atoms with Crippen LogP contribution in [-0.2, 0) is 19.5 Å². The van der Waals surface area contributed by atoms with Crippen LogP contribution in [-0.4, -0.2) is 68.2 Å². The molecule has 2 aromatic rings. The number of nitrogens with one attached hydrogen (secondary N) is 1. The Hall–Kier alpha value is -1.59. The Bertz CT molecular complexity index is 874. The number of fused-ring (bicyclic) bond motifs is 1. The largest absolute Gasteiger partial charge is 0.493 e. The number of halogens is 1. The topological polar surface area (TPSA) is 62.2 Å². The number of ether oxygens (including phenoxy) is 2. The molecule has 2 heterocycles. The monoisotopic (exact) mass is 559 g/mol. The molecule has 1 N–H and O–H groups in total. The third kappa shape index (κ3) is 6.95. The van der Waals surface area contributed by atoms with Crippen LogP contribution in [0.1, 0.15) is 28.8 Å². The van der Waals surface area contributed by atoms with Crippen LogP contribution in [0.2, 0.25) is 0 Å². The molecular weight excluding hydrogens is 525 g/mol. The first-order chi connectivity index (χ1) is 14.5. The molecule has 31 heavy (non-hydrogen) atoms. The van der Waals surface area contributed by atoms with Crippen LogP contribution in [0.15, 0.2) is 22.5 Å². The van der Waals surface area contributed by atoms with Gasteiger partial charge in [-0.25, -0.2) is 4.98 Å². The fourth-order valence-electron chi connectivity index (χ4n) is 3.70. The Balaban J connectivity index is 0.00000341. The summed E-state index contributed by atoms with van der Waals surface area (Å²) in [7, 11) is 5.43. The lowest BCUT2D eigenvalue weighted by Crippen LogP contribution is -2.39. The normalized spacial score (nSPS) is 13.9. The van der Waals surface area contributed by atoms with Gasteiger partial charge in [0.2, 0.25) is 0 Å². The molecule has 0 saturated carbocycles. The van der Waals surface area contributed by atoms with Gasteiger partial charge in [0.1, 0.15) is 0 Å². The molecule has 1 aromatic heterocycles. The zero-order valence-corrected chi connectivity index (χ0v) is 22.3. The van der Waals surface area contributed by atoms with E-state index in [0.717, 1.165) is 73.8 Å². The first kappa shape index (κ1) is 25.7. The zero-order chi connectivity index (χ0) is 21.5.